The van der Waals surface area contributed by atoms with E-state index in [2.05, 4.69) is 15.2 Å². The molecule has 1 aromatic carbocycles. The molecule has 2 heterocycles. The van der Waals surface area contributed by atoms with Crippen molar-refractivity contribution >= 4 is 11.9 Å². The van der Waals surface area contributed by atoms with Gasteiger partial charge in [0.25, 0.3) is 5.91 Å². The molecule has 1 aromatic heterocycles. The molecule has 1 saturated heterocycles. The first-order valence-corrected chi connectivity index (χ1v) is 8.42. The number of halogens is 3. The van der Waals surface area contributed by atoms with Crippen LogP contribution in [0.1, 0.15) is 28.8 Å². The van der Waals surface area contributed by atoms with Crippen molar-refractivity contribution in [2.24, 2.45) is 0 Å². The molecule has 7 nitrogen and oxygen atoms in total. The van der Waals surface area contributed by atoms with E-state index < -0.39 is 29.2 Å². The number of ether oxygens (including phenoxy) is 2. The number of nitrogens with zero attached hydrogens (tertiary/aromatic N) is 2. The van der Waals surface area contributed by atoms with E-state index in [1.807, 2.05) is 0 Å². The summed E-state index contributed by atoms with van der Waals surface area (Å²) in [5, 5.41) is 6.83. The molecule has 1 N–H and O–H groups in total. The molecular formula is C18H18F3N3O4. The minimum atomic E-state index is -4.43. The number of alkyl halides is 3. The Morgan fingerprint density at radius 1 is 1.32 bits per heavy atom. The van der Waals surface area contributed by atoms with Crippen molar-refractivity contribution in [3.8, 4) is 5.69 Å². The number of rotatable bonds is 5. The fourth-order valence-corrected chi connectivity index (χ4v) is 2.94. The Labute approximate surface area is 158 Å². The molecule has 1 unspecified atom stereocenters. The Hall–Kier alpha value is -2.88. The van der Waals surface area contributed by atoms with Crippen molar-refractivity contribution in [2.45, 2.75) is 24.6 Å². The van der Waals surface area contributed by atoms with Crippen LogP contribution in [0.2, 0.25) is 0 Å². The highest BCUT2D eigenvalue weighted by atomic mass is 19.4. The molecule has 28 heavy (non-hydrogen) atoms. The Kier molecular flexibility index (Phi) is 5.41. The van der Waals surface area contributed by atoms with Crippen LogP contribution < -0.4 is 5.32 Å². The molecule has 1 fully saturated rings. The van der Waals surface area contributed by atoms with E-state index in [-0.39, 0.29) is 18.6 Å². The maximum Gasteiger partial charge on any atom is 0.416 e. The third-order valence-electron chi connectivity index (χ3n) is 4.50. The molecule has 150 valence electrons. The Balaban J connectivity index is 1.74. The van der Waals surface area contributed by atoms with Gasteiger partial charge >= 0.3 is 12.1 Å². The van der Waals surface area contributed by atoms with Crippen molar-refractivity contribution < 1.29 is 32.2 Å². The summed E-state index contributed by atoms with van der Waals surface area (Å²) < 4.78 is 49.3. The van der Waals surface area contributed by atoms with Gasteiger partial charge in [0.1, 0.15) is 0 Å². The van der Waals surface area contributed by atoms with Gasteiger partial charge in [0.05, 0.1) is 48.7 Å². The molecule has 2 aromatic rings. The molecule has 1 aliphatic rings. The molecule has 0 radical (unpaired) electrons. The number of carbonyl (C=O) groups excluding carboxylic acids is 2. The van der Waals surface area contributed by atoms with Gasteiger partial charge < -0.3 is 14.8 Å². The number of benzene rings is 1. The van der Waals surface area contributed by atoms with E-state index in [9.17, 15) is 22.8 Å². The third kappa shape index (κ3) is 4.33. The van der Waals surface area contributed by atoms with Crippen LogP contribution in [0, 0.1) is 0 Å². The van der Waals surface area contributed by atoms with Crippen LogP contribution in [0.4, 0.5) is 13.2 Å². The first-order valence-electron chi connectivity index (χ1n) is 8.42. The van der Waals surface area contributed by atoms with Crippen LogP contribution in [0.3, 0.4) is 0 Å². The predicted octanol–water partition coefficient (Wildman–Crippen LogP) is 2.34. The number of nitrogens with one attached hydrogen (secondary N) is 1. The third-order valence-corrected chi connectivity index (χ3v) is 4.50. The maximum absolute atomic E-state index is 12.7. The SMILES string of the molecule is COC(=O)CC1(NC(=O)c2cnn(-c3ccc(C(F)(F)F)cc3)c2)CCOC1. The van der Waals surface area contributed by atoms with Crippen molar-refractivity contribution in [1.29, 1.82) is 0 Å². The number of carbonyl (C=O) groups is 2. The largest absolute Gasteiger partial charge is 0.469 e. The number of aromatic nitrogens is 2. The van der Waals surface area contributed by atoms with Gasteiger partial charge in [-0.3, -0.25) is 9.59 Å². The quantitative estimate of drug-likeness (QED) is 0.784. The highest BCUT2D eigenvalue weighted by Gasteiger charge is 2.39. The normalized spacial score (nSPS) is 19.4. The lowest BCUT2D eigenvalue weighted by molar-refractivity contribution is -0.142. The lowest BCUT2D eigenvalue weighted by Crippen LogP contribution is -2.50. The van der Waals surface area contributed by atoms with Crippen LogP contribution in [-0.4, -0.2) is 47.5 Å². The molecule has 3 rings (SSSR count). The number of amides is 1. The lowest BCUT2D eigenvalue weighted by Gasteiger charge is -2.27. The van der Waals surface area contributed by atoms with Crippen molar-refractivity contribution in [3.05, 3.63) is 47.8 Å². The second-order valence-electron chi connectivity index (χ2n) is 6.51. The van der Waals surface area contributed by atoms with Crippen LogP contribution in [0.15, 0.2) is 36.7 Å². The minimum Gasteiger partial charge on any atom is -0.469 e. The summed E-state index contributed by atoms with van der Waals surface area (Å²) in [6, 6.07) is 4.41. The summed E-state index contributed by atoms with van der Waals surface area (Å²) in [6.45, 7) is 0.586. The summed E-state index contributed by atoms with van der Waals surface area (Å²) >= 11 is 0. The average Bonchev–Trinajstić information content (AvgIpc) is 3.31. The van der Waals surface area contributed by atoms with Gasteiger partial charge in [0.2, 0.25) is 0 Å². The van der Waals surface area contributed by atoms with E-state index in [4.69, 9.17) is 4.74 Å². The average molecular weight is 397 g/mol. The zero-order chi connectivity index (χ0) is 20.4. The van der Waals surface area contributed by atoms with E-state index in [1.165, 1.54) is 36.3 Å². The van der Waals surface area contributed by atoms with Crippen LogP contribution >= 0.6 is 0 Å². The van der Waals surface area contributed by atoms with Crippen molar-refractivity contribution in [3.63, 3.8) is 0 Å². The molecule has 1 amide bonds. The van der Waals surface area contributed by atoms with E-state index >= 15 is 0 Å². The number of esters is 1. The molecule has 0 bridgehead atoms. The predicted molar refractivity (Wildman–Crippen MR) is 90.8 cm³/mol. The number of hydrogen-bond donors (Lipinski definition) is 1. The molecule has 0 spiro atoms. The molecular weight excluding hydrogens is 379 g/mol. The highest BCUT2D eigenvalue weighted by molar-refractivity contribution is 5.94. The first kappa shape index (κ1) is 19.9. The molecule has 1 aliphatic heterocycles. The van der Waals surface area contributed by atoms with Crippen molar-refractivity contribution in [1.82, 2.24) is 15.1 Å². The standard InChI is InChI=1S/C18H18F3N3O4/c1-27-15(25)8-17(6-7-28-11-17)23-16(26)12-9-22-24(10-12)14-4-2-13(3-5-14)18(19,20)21/h2-5,9-10H,6-8,11H2,1H3,(H,23,26). The molecule has 0 aliphatic carbocycles. The number of methoxy groups -OCH3 is 1. The van der Waals surface area contributed by atoms with E-state index in [1.54, 1.807) is 0 Å². The Morgan fingerprint density at radius 2 is 2.04 bits per heavy atom. The number of hydrogen-bond acceptors (Lipinski definition) is 5. The van der Waals surface area contributed by atoms with Gasteiger partial charge in [-0.1, -0.05) is 0 Å². The fourth-order valence-electron chi connectivity index (χ4n) is 2.94. The summed E-state index contributed by atoms with van der Waals surface area (Å²) in [4.78, 5) is 24.2. The lowest BCUT2D eigenvalue weighted by atomic mass is 9.94. The van der Waals surface area contributed by atoms with Crippen LogP contribution in [0.5, 0.6) is 0 Å². The molecule has 0 saturated carbocycles. The van der Waals surface area contributed by atoms with Gasteiger partial charge in [-0.2, -0.15) is 18.3 Å². The van der Waals surface area contributed by atoms with Gasteiger partial charge in [-0.25, -0.2) is 4.68 Å². The van der Waals surface area contributed by atoms with E-state index in [0.29, 0.717) is 18.7 Å². The van der Waals surface area contributed by atoms with Crippen molar-refractivity contribution in [2.75, 3.05) is 20.3 Å². The van der Waals surface area contributed by atoms with Gasteiger partial charge in [-0.15, -0.1) is 0 Å². The maximum atomic E-state index is 12.7. The van der Waals surface area contributed by atoms with Crippen LogP contribution in [-0.2, 0) is 20.4 Å². The molecule has 1 atom stereocenters. The monoisotopic (exact) mass is 397 g/mol. The zero-order valence-electron chi connectivity index (χ0n) is 15.0. The zero-order valence-corrected chi connectivity index (χ0v) is 15.0. The smallest absolute Gasteiger partial charge is 0.416 e. The highest BCUT2D eigenvalue weighted by Crippen LogP contribution is 2.29. The van der Waals surface area contributed by atoms with Gasteiger partial charge in [0, 0.05) is 12.8 Å². The topological polar surface area (TPSA) is 82.5 Å². The second-order valence-corrected chi connectivity index (χ2v) is 6.51. The first-order chi connectivity index (χ1) is 13.2. The Morgan fingerprint density at radius 3 is 2.61 bits per heavy atom. The second kappa shape index (κ2) is 7.63. The molecule has 10 heteroatoms. The summed E-state index contributed by atoms with van der Waals surface area (Å²) in [7, 11) is 1.27. The summed E-state index contributed by atoms with van der Waals surface area (Å²) in [5.41, 5.74) is -1.05. The van der Waals surface area contributed by atoms with Gasteiger partial charge in [0.15, 0.2) is 0 Å². The van der Waals surface area contributed by atoms with Gasteiger partial charge in [-0.05, 0) is 30.7 Å². The summed E-state index contributed by atoms with van der Waals surface area (Å²) in [5.74, 6) is -0.932. The minimum absolute atomic E-state index is 0.0255. The van der Waals surface area contributed by atoms with Crippen LogP contribution in [0.25, 0.3) is 5.69 Å². The Bertz CT molecular complexity index is 856. The fraction of sp³-hybridized carbons (Fsp3) is 0.389. The summed E-state index contributed by atoms with van der Waals surface area (Å²) in [6.07, 6.45) is -1.29. The van der Waals surface area contributed by atoms with E-state index in [0.717, 1.165) is 12.1 Å².